The molecular weight excluding hydrogens is 460 g/mol. The number of rotatable bonds is 10. The highest BCUT2D eigenvalue weighted by atomic mass is 16.6. The first-order chi connectivity index (χ1) is 17.5. The summed E-state index contributed by atoms with van der Waals surface area (Å²) in [5.74, 6) is 0. The topological polar surface area (TPSA) is 159 Å². The number of benzene rings is 3. The average molecular weight is 483 g/mol. The Kier molecular flexibility index (Phi) is 8.95. The summed E-state index contributed by atoms with van der Waals surface area (Å²) in [4.78, 5) is 12.3. The van der Waals surface area contributed by atoms with E-state index in [1.807, 2.05) is 29.2 Å². The fraction of sp³-hybridized carbons (Fsp3) is 0.154. The van der Waals surface area contributed by atoms with Gasteiger partial charge in [-0.25, -0.2) is 0 Å². The van der Waals surface area contributed by atoms with Crippen molar-refractivity contribution >= 4 is 34.9 Å². The third-order valence-electron chi connectivity index (χ3n) is 5.19. The standard InChI is InChI=1S/C26H22N6O4/c27-17-20-15-25(32(35)36)16-21(18-28)26(20)10-3-19-1-4-22(5-2-19)29-30-23-6-8-24(9-7-23)31(11-13-33)12-14-34/h1-10,15-16,33-34H,11-14H2. The number of hydrogen-bond acceptors (Lipinski definition) is 9. The van der Waals surface area contributed by atoms with Crippen LogP contribution in [0.5, 0.6) is 0 Å². The minimum Gasteiger partial charge on any atom is -0.395 e. The van der Waals surface area contributed by atoms with E-state index < -0.39 is 4.92 Å². The van der Waals surface area contributed by atoms with Crippen LogP contribution >= 0.6 is 0 Å². The van der Waals surface area contributed by atoms with Crippen LogP contribution in [0.2, 0.25) is 0 Å². The molecule has 0 heterocycles. The molecule has 0 atom stereocenters. The Morgan fingerprint density at radius 2 is 1.36 bits per heavy atom. The normalized spacial score (nSPS) is 10.9. The van der Waals surface area contributed by atoms with Crippen LogP contribution in [0.4, 0.5) is 22.7 Å². The van der Waals surface area contributed by atoms with Gasteiger partial charge in [0.25, 0.3) is 5.69 Å². The van der Waals surface area contributed by atoms with E-state index in [1.54, 1.807) is 48.6 Å². The molecule has 0 spiro atoms. The molecule has 36 heavy (non-hydrogen) atoms. The zero-order valence-corrected chi connectivity index (χ0v) is 19.2. The SMILES string of the molecule is N#Cc1cc([N+](=O)[O-])cc(C#N)c1C=Cc1ccc(N=Nc2ccc(N(CCO)CCO)cc2)cc1. The zero-order chi connectivity index (χ0) is 25.9. The van der Waals surface area contributed by atoms with Gasteiger partial charge in [-0.3, -0.25) is 10.1 Å². The van der Waals surface area contributed by atoms with Crippen LogP contribution < -0.4 is 4.90 Å². The first-order valence-electron chi connectivity index (χ1n) is 10.9. The van der Waals surface area contributed by atoms with Crippen molar-refractivity contribution in [1.29, 1.82) is 10.5 Å². The Bertz CT molecular complexity index is 1310. The van der Waals surface area contributed by atoms with Crippen molar-refractivity contribution in [2.45, 2.75) is 0 Å². The molecular formula is C26H22N6O4. The number of azo groups is 1. The second kappa shape index (κ2) is 12.5. The molecule has 2 N–H and O–H groups in total. The van der Waals surface area contributed by atoms with Crippen molar-refractivity contribution < 1.29 is 15.1 Å². The lowest BCUT2D eigenvalue weighted by atomic mass is 10.00. The summed E-state index contributed by atoms with van der Waals surface area (Å²) in [5.41, 5.74) is 2.99. The molecule has 0 bridgehead atoms. The Labute approximate surface area is 207 Å². The van der Waals surface area contributed by atoms with Gasteiger partial charge in [-0.1, -0.05) is 24.3 Å². The summed E-state index contributed by atoms with van der Waals surface area (Å²) in [6.07, 6.45) is 3.28. The molecule has 180 valence electrons. The van der Waals surface area contributed by atoms with Crippen molar-refractivity contribution in [3.63, 3.8) is 0 Å². The summed E-state index contributed by atoms with van der Waals surface area (Å²) in [5, 5.41) is 56.5. The summed E-state index contributed by atoms with van der Waals surface area (Å²) in [7, 11) is 0. The van der Waals surface area contributed by atoms with E-state index in [0.717, 1.165) is 23.4 Å². The van der Waals surface area contributed by atoms with E-state index in [9.17, 15) is 20.6 Å². The summed E-state index contributed by atoms with van der Waals surface area (Å²) < 4.78 is 0. The van der Waals surface area contributed by atoms with E-state index in [4.69, 9.17) is 10.2 Å². The van der Waals surface area contributed by atoms with Crippen LogP contribution in [0.1, 0.15) is 22.3 Å². The van der Waals surface area contributed by atoms with Crippen LogP contribution in [0.3, 0.4) is 0 Å². The van der Waals surface area contributed by atoms with Gasteiger partial charge in [0.2, 0.25) is 0 Å². The number of nitriles is 2. The second-order valence-corrected chi connectivity index (χ2v) is 7.51. The molecule has 0 radical (unpaired) electrons. The van der Waals surface area contributed by atoms with Crippen LogP contribution in [-0.4, -0.2) is 41.4 Å². The lowest BCUT2D eigenvalue weighted by Gasteiger charge is -2.22. The molecule has 0 aromatic heterocycles. The number of non-ortho nitro benzene ring substituents is 1. The fourth-order valence-electron chi connectivity index (χ4n) is 3.40. The first kappa shape index (κ1) is 25.7. The largest absolute Gasteiger partial charge is 0.395 e. The van der Waals surface area contributed by atoms with Crippen LogP contribution in [0.25, 0.3) is 12.2 Å². The van der Waals surface area contributed by atoms with Gasteiger partial charge in [-0.15, -0.1) is 0 Å². The average Bonchev–Trinajstić information content (AvgIpc) is 2.91. The molecule has 3 rings (SSSR count). The predicted molar refractivity (Wildman–Crippen MR) is 135 cm³/mol. The van der Waals surface area contributed by atoms with Crippen LogP contribution in [0, 0.1) is 32.8 Å². The highest BCUT2D eigenvalue weighted by molar-refractivity contribution is 5.77. The number of anilines is 1. The molecule has 3 aromatic carbocycles. The van der Waals surface area contributed by atoms with Gasteiger partial charge in [0, 0.05) is 36.5 Å². The molecule has 0 aliphatic carbocycles. The Hall–Kier alpha value is -4.90. The third-order valence-corrected chi connectivity index (χ3v) is 5.19. The number of hydrogen-bond donors (Lipinski definition) is 2. The molecule has 10 heteroatoms. The second-order valence-electron chi connectivity index (χ2n) is 7.51. The van der Waals surface area contributed by atoms with E-state index >= 15 is 0 Å². The predicted octanol–water partition coefficient (Wildman–Crippen LogP) is 4.71. The molecule has 3 aromatic rings. The molecule has 0 saturated heterocycles. The summed E-state index contributed by atoms with van der Waals surface area (Å²) in [6.45, 7) is 0.809. The third kappa shape index (κ3) is 6.58. The van der Waals surface area contributed by atoms with Gasteiger partial charge in [0.15, 0.2) is 0 Å². The Morgan fingerprint density at radius 1 is 0.861 bits per heavy atom. The van der Waals surface area contributed by atoms with Gasteiger partial charge in [0.05, 0.1) is 40.6 Å². The number of aliphatic hydroxyl groups is 2. The maximum absolute atomic E-state index is 11.0. The van der Waals surface area contributed by atoms with Gasteiger partial charge >= 0.3 is 0 Å². The highest BCUT2D eigenvalue weighted by Gasteiger charge is 2.15. The molecule has 0 unspecified atom stereocenters. The maximum Gasteiger partial charge on any atom is 0.272 e. The number of aliphatic hydroxyl groups excluding tert-OH is 2. The minimum atomic E-state index is -0.639. The van der Waals surface area contributed by atoms with E-state index in [-0.39, 0.29) is 30.0 Å². The van der Waals surface area contributed by atoms with Crippen molar-refractivity contribution in [2.75, 3.05) is 31.2 Å². The van der Waals surface area contributed by atoms with Crippen molar-refractivity contribution in [1.82, 2.24) is 0 Å². The quantitative estimate of drug-likeness (QED) is 0.183. The van der Waals surface area contributed by atoms with Gasteiger partial charge < -0.3 is 15.1 Å². The Morgan fingerprint density at radius 3 is 1.81 bits per heavy atom. The lowest BCUT2D eigenvalue weighted by molar-refractivity contribution is -0.384. The van der Waals surface area contributed by atoms with E-state index in [1.165, 1.54) is 0 Å². The zero-order valence-electron chi connectivity index (χ0n) is 19.2. The molecule has 0 aliphatic heterocycles. The Balaban J connectivity index is 1.72. The van der Waals surface area contributed by atoms with Crippen molar-refractivity contribution in [3.8, 4) is 12.1 Å². The number of nitro benzene ring substituents is 1. The van der Waals surface area contributed by atoms with E-state index in [2.05, 4.69) is 10.2 Å². The smallest absolute Gasteiger partial charge is 0.272 e. The van der Waals surface area contributed by atoms with E-state index in [0.29, 0.717) is 30.0 Å². The van der Waals surface area contributed by atoms with Crippen LogP contribution in [-0.2, 0) is 0 Å². The van der Waals surface area contributed by atoms with Gasteiger partial charge in [-0.2, -0.15) is 20.8 Å². The number of nitrogens with zero attached hydrogens (tertiary/aromatic N) is 6. The van der Waals surface area contributed by atoms with Gasteiger partial charge in [0.1, 0.15) is 12.1 Å². The molecule has 0 amide bonds. The first-order valence-corrected chi connectivity index (χ1v) is 10.9. The van der Waals surface area contributed by atoms with Gasteiger partial charge in [-0.05, 0) is 42.0 Å². The molecule has 0 aliphatic rings. The van der Waals surface area contributed by atoms with Crippen molar-refractivity contribution in [2.24, 2.45) is 10.2 Å². The summed E-state index contributed by atoms with van der Waals surface area (Å²) in [6, 6.07) is 20.5. The van der Waals surface area contributed by atoms with Crippen LogP contribution in [0.15, 0.2) is 70.9 Å². The molecule has 0 saturated carbocycles. The molecule has 0 fully saturated rings. The molecule has 10 nitrogen and oxygen atoms in total. The maximum atomic E-state index is 11.0. The highest BCUT2D eigenvalue weighted by Crippen LogP contribution is 2.25. The number of nitro groups is 1. The lowest BCUT2D eigenvalue weighted by Crippen LogP contribution is -2.29. The minimum absolute atomic E-state index is 0.0144. The fourth-order valence-corrected chi connectivity index (χ4v) is 3.40. The summed E-state index contributed by atoms with van der Waals surface area (Å²) >= 11 is 0. The van der Waals surface area contributed by atoms with Crippen molar-refractivity contribution in [3.05, 3.63) is 93.0 Å². The monoisotopic (exact) mass is 482 g/mol.